The fourth-order valence-corrected chi connectivity index (χ4v) is 2.80. The van der Waals surface area contributed by atoms with E-state index in [0.29, 0.717) is 0 Å². The van der Waals surface area contributed by atoms with E-state index < -0.39 is 0 Å². The summed E-state index contributed by atoms with van der Waals surface area (Å²) in [5.41, 5.74) is 13.1. The zero-order valence-electron chi connectivity index (χ0n) is 5.37. The van der Waals surface area contributed by atoms with Gasteiger partial charge in [0.15, 0.2) is 0 Å². The highest BCUT2D eigenvalue weighted by atomic mass is 127. The zero-order valence-corrected chi connectivity index (χ0v) is 11.8. The van der Waals surface area contributed by atoms with Gasteiger partial charge in [0.1, 0.15) is 0 Å². The molecule has 0 aliphatic rings. The Morgan fingerprint density at radius 2 is 1.55 bits per heavy atom. The van der Waals surface area contributed by atoms with Gasteiger partial charge in [0.05, 0.1) is 12.8 Å². The molecule has 2 nitrogen and oxygen atoms in total. The van der Waals surface area contributed by atoms with Crippen LogP contribution in [0.1, 0.15) is 0 Å². The van der Waals surface area contributed by atoms with Crippen molar-refractivity contribution in [2.45, 2.75) is 0 Å². The van der Waals surface area contributed by atoms with Crippen molar-refractivity contribution < 1.29 is 0 Å². The minimum atomic E-state index is 0.800. The van der Waals surface area contributed by atoms with Crippen LogP contribution in [0.5, 0.6) is 0 Å². The van der Waals surface area contributed by atoms with Crippen LogP contribution in [-0.2, 0) is 0 Å². The summed E-state index contributed by atoms with van der Waals surface area (Å²) in [6.07, 6.45) is 0. The molecular weight excluding hydrogens is 481 g/mol. The van der Waals surface area contributed by atoms with Gasteiger partial charge in [0.2, 0.25) is 0 Å². The number of benzene rings is 1. The first-order chi connectivity index (χ1) is 5.04. The van der Waals surface area contributed by atoms with Crippen LogP contribution < -0.4 is 11.5 Å². The predicted molar refractivity (Wildman–Crippen MR) is 73.4 cm³/mol. The Morgan fingerprint density at radius 3 is 2.09 bits per heavy atom. The van der Waals surface area contributed by atoms with Crippen molar-refractivity contribution >= 4 is 79.1 Å². The second-order valence-corrected chi connectivity index (χ2v) is 5.31. The van der Waals surface area contributed by atoms with Gasteiger partial charge in [0.25, 0.3) is 0 Å². The molecule has 0 atom stereocenters. The van der Waals surface area contributed by atoms with Crippen molar-refractivity contribution in [3.8, 4) is 0 Å². The van der Waals surface area contributed by atoms with Crippen LogP contribution in [0.15, 0.2) is 6.07 Å². The molecule has 0 saturated heterocycles. The molecule has 5 heteroatoms. The summed E-state index contributed by atoms with van der Waals surface area (Å²) in [5, 5.41) is 0. The zero-order chi connectivity index (χ0) is 8.59. The van der Waals surface area contributed by atoms with Crippen LogP contribution in [0.4, 0.5) is 11.4 Å². The van der Waals surface area contributed by atoms with Gasteiger partial charge >= 0.3 is 0 Å². The number of halogens is 3. The lowest BCUT2D eigenvalue weighted by atomic mass is 10.3. The fourth-order valence-electron chi connectivity index (χ4n) is 0.627. The summed E-state index contributed by atoms with van der Waals surface area (Å²) in [7, 11) is 0. The molecule has 0 amide bonds. The number of nitrogen functional groups attached to an aromatic ring is 2. The summed E-state index contributed by atoms with van der Waals surface area (Å²) < 4.78 is 3.11. The van der Waals surface area contributed by atoms with Gasteiger partial charge in [-0.05, 0) is 73.8 Å². The van der Waals surface area contributed by atoms with Gasteiger partial charge < -0.3 is 11.5 Å². The summed E-state index contributed by atoms with van der Waals surface area (Å²) in [5.74, 6) is 0. The molecule has 0 aliphatic carbocycles. The lowest BCUT2D eigenvalue weighted by molar-refractivity contribution is 1.53. The normalized spacial score (nSPS) is 10.1. The molecule has 4 N–H and O–H groups in total. The molecule has 0 radical (unpaired) electrons. The van der Waals surface area contributed by atoms with Crippen LogP contribution in [0.2, 0.25) is 0 Å². The topological polar surface area (TPSA) is 52.0 Å². The molecule has 0 spiro atoms. The van der Waals surface area contributed by atoms with E-state index in [4.69, 9.17) is 11.5 Å². The molecule has 0 aromatic heterocycles. The molecule has 1 rings (SSSR count). The first kappa shape index (κ1) is 10.1. The average molecular weight is 486 g/mol. The lowest BCUT2D eigenvalue weighted by Crippen LogP contribution is -2.00. The molecule has 0 aliphatic heterocycles. The third kappa shape index (κ3) is 2.02. The number of hydrogen-bond donors (Lipinski definition) is 2. The fraction of sp³-hybridized carbons (Fsp3) is 0. The molecule has 60 valence electrons. The van der Waals surface area contributed by atoms with E-state index >= 15 is 0 Å². The van der Waals surface area contributed by atoms with Crippen LogP contribution in [0.25, 0.3) is 0 Å². The van der Waals surface area contributed by atoms with Crippen LogP contribution in [0.3, 0.4) is 0 Å². The van der Waals surface area contributed by atoms with Crippen molar-refractivity contribution in [3.05, 3.63) is 16.8 Å². The molecule has 1 aromatic carbocycles. The van der Waals surface area contributed by atoms with Gasteiger partial charge in [-0.15, -0.1) is 0 Å². The molecule has 0 unspecified atom stereocenters. The number of nitrogens with two attached hydrogens (primary N) is 2. The summed E-state index contributed by atoms with van der Waals surface area (Å²) in [6.45, 7) is 0. The SMILES string of the molecule is Nc1cc(I)c(N)c(I)c1I. The van der Waals surface area contributed by atoms with Gasteiger partial charge in [0, 0.05) is 9.26 Å². The van der Waals surface area contributed by atoms with Crippen LogP contribution >= 0.6 is 67.8 Å². The third-order valence-electron chi connectivity index (χ3n) is 1.22. The number of hydrogen-bond acceptors (Lipinski definition) is 2. The molecule has 0 heterocycles. The van der Waals surface area contributed by atoms with Crippen molar-refractivity contribution in [1.29, 1.82) is 0 Å². The predicted octanol–water partition coefficient (Wildman–Crippen LogP) is 2.66. The third-order valence-corrected chi connectivity index (χ3v) is 5.43. The van der Waals surface area contributed by atoms with Crippen LogP contribution in [0, 0.1) is 10.7 Å². The Labute approximate surface area is 106 Å². The smallest absolute Gasteiger partial charge is 0.0597 e. The van der Waals surface area contributed by atoms with E-state index in [2.05, 4.69) is 67.8 Å². The van der Waals surface area contributed by atoms with Gasteiger partial charge in [-0.2, -0.15) is 0 Å². The van der Waals surface area contributed by atoms with Crippen molar-refractivity contribution in [2.75, 3.05) is 11.5 Å². The van der Waals surface area contributed by atoms with E-state index in [0.717, 1.165) is 22.1 Å². The summed E-state index contributed by atoms with van der Waals surface area (Å²) in [6, 6.07) is 1.89. The largest absolute Gasteiger partial charge is 0.398 e. The number of anilines is 2. The van der Waals surface area contributed by atoms with Crippen LogP contribution in [-0.4, -0.2) is 0 Å². The molecule has 0 bridgehead atoms. The van der Waals surface area contributed by atoms with Crippen molar-refractivity contribution in [2.24, 2.45) is 0 Å². The Balaban J connectivity index is 3.46. The van der Waals surface area contributed by atoms with E-state index in [9.17, 15) is 0 Å². The molecule has 1 aromatic rings. The maximum Gasteiger partial charge on any atom is 0.0597 e. The summed E-state index contributed by atoms with van der Waals surface area (Å²) in [4.78, 5) is 0. The first-order valence-electron chi connectivity index (χ1n) is 2.72. The first-order valence-corrected chi connectivity index (χ1v) is 5.96. The minimum Gasteiger partial charge on any atom is -0.398 e. The highest BCUT2D eigenvalue weighted by molar-refractivity contribution is 14.1. The monoisotopic (exact) mass is 486 g/mol. The maximum absolute atomic E-state index is 5.78. The highest BCUT2D eigenvalue weighted by Crippen LogP contribution is 2.30. The quantitative estimate of drug-likeness (QED) is 0.337. The molecule has 0 saturated carbocycles. The molecule has 0 fully saturated rings. The average Bonchev–Trinajstić information content (AvgIpc) is 1.97. The van der Waals surface area contributed by atoms with E-state index in [-0.39, 0.29) is 0 Å². The highest BCUT2D eigenvalue weighted by Gasteiger charge is 2.07. The number of rotatable bonds is 0. The Morgan fingerprint density at radius 1 is 1.00 bits per heavy atom. The summed E-state index contributed by atoms with van der Waals surface area (Å²) >= 11 is 6.58. The molecule has 11 heavy (non-hydrogen) atoms. The Hall–Kier alpha value is 1.01. The van der Waals surface area contributed by atoms with E-state index in [1.807, 2.05) is 6.07 Å². The second kappa shape index (κ2) is 3.81. The second-order valence-electron chi connectivity index (χ2n) is 1.99. The Bertz CT molecular complexity index is 272. The standard InChI is InChI=1S/C6H5I3N2/c7-2-1-3(10)4(8)5(9)6(2)11/h1H,10-11H2. The maximum atomic E-state index is 5.78. The van der Waals surface area contributed by atoms with Gasteiger partial charge in [-0.1, -0.05) is 0 Å². The van der Waals surface area contributed by atoms with Gasteiger partial charge in [-0.25, -0.2) is 0 Å². The minimum absolute atomic E-state index is 0.800. The lowest BCUT2D eigenvalue weighted by Gasteiger charge is -2.06. The Kier molecular flexibility index (Phi) is 3.50. The molecular formula is C6H5I3N2. The van der Waals surface area contributed by atoms with E-state index in [1.54, 1.807) is 0 Å². The van der Waals surface area contributed by atoms with Gasteiger partial charge in [-0.3, -0.25) is 0 Å². The van der Waals surface area contributed by atoms with Crippen molar-refractivity contribution in [1.82, 2.24) is 0 Å². The van der Waals surface area contributed by atoms with Crippen molar-refractivity contribution in [3.63, 3.8) is 0 Å². The van der Waals surface area contributed by atoms with E-state index in [1.165, 1.54) is 0 Å².